The Labute approximate surface area is 91.2 Å². The Kier molecular flexibility index (Phi) is 2.78. The van der Waals surface area contributed by atoms with E-state index in [1.807, 2.05) is 6.07 Å². The Morgan fingerprint density at radius 1 is 1.33 bits per heavy atom. The van der Waals surface area contributed by atoms with E-state index < -0.39 is 0 Å². The molecule has 0 unspecified atom stereocenters. The molecule has 0 aliphatic carbocycles. The van der Waals surface area contributed by atoms with Crippen LogP contribution in [0.25, 0.3) is 0 Å². The molecule has 0 aliphatic rings. The van der Waals surface area contributed by atoms with Gasteiger partial charge in [-0.25, -0.2) is 14.8 Å². The van der Waals surface area contributed by atoms with Crippen molar-refractivity contribution in [2.24, 2.45) is 0 Å². The summed E-state index contributed by atoms with van der Waals surface area (Å²) in [6, 6.07) is 5.25. The third kappa shape index (κ3) is 2.41. The van der Waals surface area contributed by atoms with Gasteiger partial charge >= 0.3 is 5.69 Å². The molecule has 2 aromatic heterocycles. The van der Waals surface area contributed by atoms with Gasteiger partial charge in [-0.05, 0) is 23.8 Å². The molecule has 0 saturated heterocycles. The molecule has 2 rings (SSSR count). The summed E-state index contributed by atoms with van der Waals surface area (Å²) < 4.78 is 1.51. The van der Waals surface area contributed by atoms with Crippen molar-refractivity contribution in [3.63, 3.8) is 0 Å². The normalized spacial score (nSPS) is 10.2. The maximum Gasteiger partial charge on any atom is 0.347 e. The fourth-order valence-electron chi connectivity index (χ4n) is 1.25. The quantitative estimate of drug-likeness (QED) is 0.719. The van der Waals surface area contributed by atoms with E-state index in [9.17, 15) is 4.79 Å². The van der Waals surface area contributed by atoms with E-state index >= 15 is 0 Å². The molecule has 0 fully saturated rings. The van der Waals surface area contributed by atoms with Crippen molar-refractivity contribution in [3.8, 4) is 0 Å². The van der Waals surface area contributed by atoms with E-state index in [2.05, 4.69) is 9.97 Å². The summed E-state index contributed by atoms with van der Waals surface area (Å²) in [6.07, 6.45) is 4.76. The topological polar surface area (TPSA) is 47.8 Å². The van der Waals surface area contributed by atoms with Gasteiger partial charge in [0.1, 0.15) is 5.15 Å². The molecule has 15 heavy (non-hydrogen) atoms. The zero-order chi connectivity index (χ0) is 10.7. The second-order valence-electron chi connectivity index (χ2n) is 3.02. The Balaban J connectivity index is 2.30. The first kappa shape index (κ1) is 9.86. The Morgan fingerprint density at radius 3 is 2.93 bits per heavy atom. The lowest BCUT2D eigenvalue weighted by Gasteiger charge is -2.03. The van der Waals surface area contributed by atoms with Gasteiger partial charge in [0.2, 0.25) is 0 Å². The van der Waals surface area contributed by atoms with Gasteiger partial charge in [-0.1, -0.05) is 11.6 Å². The molecule has 0 aromatic carbocycles. The molecule has 0 saturated carbocycles. The maximum atomic E-state index is 11.3. The van der Waals surface area contributed by atoms with Crippen LogP contribution in [0, 0.1) is 0 Å². The van der Waals surface area contributed by atoms with Crippen molar-refractivity contribution in [1.82, 2.24) is 14.5 Å². The van der Waals surface area contributed by atoms with Crippen LogP contribution in [-0.4, -0.2) is 14.5 Å². The van der Waals surface area contributed by atoms with Crippen LogP contribution in [0.4, 0.5) is 0 Å². The molecule has 2 aromatic rings. The van der Waals surface area contributed by atoms with Crippen LogP contribution in [0.15, 0.2) is 41.6 Å². The minimum atomic E-state index is -0.273. The highest BCUT2D eigenvalue weighted by Crippen LogP contribution is 2.07. The fourth-order valence-corrected chi connectivity index (χ4v) is 1.44. The molecule has 0 atom stereocenters. The third-order valence-electron chi connectivity index (χ3n) is 1.93. The van der Waals surface area contributed by atoms with Crippen LogP contribution in [0.3, 0.4) is 0 Å². The lowest BCUT2D eigenvalue weighted by molar-refractivity contribution is 0.726. The van der Waals surface area contributed by atoms with E-state index in [1.54, 1.807) is 24.5 Å². The molecule has 2 heterocycles. The first-order valence-electron chi connectivity index (χ1n) is 4.37. The standard InChI is InChI=1S/C10H8ClN3O/c11-9-6-8(2-4-12-9)7-14-5-1-3-13-10(14)15/h1-6H,7H2. The minimum Gasteiger partial charge on any atom is -0.295 e. The Bertz CT molecular complexity index is 524. The van der Waals surface area contributed by atoms with E-state index in [1.165, 1.54) is 10.8 Å². The molecule has 0 N–H and O–H groups in total. The van der Waals surface area contributed by atoms with E-state index in [0.29, 0.717) is 11.7 Å². The molecule has 76 valence electrons. The SMILES string of the molecule is O=c1ncccn1Cc1ccnc(Cl)c1. The van der Waals surface area contributed by atoms with Gasteiger partial charge in [-0.3, -0.25) is 4.57 Å². The molecule has 0 spiro atoms. The molecule has 0 aliphatic heterocycles. The van der Waals surface area contributed by atoms with Crippen molar-refractivity contribution < 1.29 is 0 Å². The second kappa shape index (κ2) is 4.23. The summed E-state index contributed by atoms with van der Waals surface area (Å²) >= 11 is 5.74. The van der Waals surface area contributed by atoms with Crippen molar-refractivity contribution in [1.29, 1.82) is 0 Å². The Morgan fingerprint density at radius 2 is 2.20 bits per heavy atom. The number of pyridine rings is 1. The fraction of sp³-hybridized carbons (Fsp3) is 0.100. The van der Waals surface area contributed by atoms with Gasteiger partial charge in [-0.15, -0.1) is 0 Å². The van der Waals surface area contributed by atoms with Gasteiger partial charge < -0.3 is 0 Å². The maximum absolute atomic E-state index is 11.3. The first-order valence-corrected chi connectivity index (χ1v) is 4.75. The largest absolute Gasteiger partial charge is 0.347 e. The first-order chi connectivity index (χ1) is 7.25. The average Bonchev–Trinajstić information content (AvgIpc) is 2.22. The summed E-state index contributed by atoms with van der Waals surface area (Å²) in [5, 5.41) is 0.421. The zero-order valence-electron chi connectivity index (χ0n) is 7.80. The number of rotatable bonds is 2. The van der Waals surface area contributed by atoms with Gasteiger partial charge in [-0.2, -0.15) is 0 Å². The zero-order valence-corrected chi connectivity index (χ0v) is 8.55. The molecular weight excluding hydrogens is 214 g/mol. The lowest BCUT2D eigenvalue weighted by atomic mass is 10.3. The Hall–Kier alpha value is -1.68. The van der Waals surface area contributed by atoms with E-state index in [4.69, 9.17) is 11.6 Å². The van der Waals surface area contributed by atoms with Crippen molar-refractivity contribution in [3.05, 3.63) is 58.0 Å². The third-order valence-corrected chi connectivity index (χ3v) is 2.13. The number of hydrogen-bond donors (Lipinski definition) is 0. The average molecular weight is 222 g/mol. The number of halogens is 1. The summed E-state index contributed by atoms with van der Waals surface area (Å²) in [4.78, 5) is 18.8. The molecular formula is C10H8ClN3O. The molecule has 0 radical (unpaired) electrons. The number of nitrogens with zero attached hydrogens (tertiary/aromatic N) is 3. The monoisotopic (exact) mass is 221 g/mol. The van der Waals surface area contributed by atoms with Crippen molar-refractivity contribution in [2.75, 3.05) is 0 Å². The number of aromatic nitrogens is 3. The predicted molar refractivity (Wildman–Crippen MR) is 56.8 cm³/mol. The molecule has 0 bridgehead atoms. The highest BCUT2D eigenvalue weighted by atomic mass is 35.5. The van der Waals surface area contributed by atoms with Crippen LogP contribution in [0.5, 0.6) is 0 Å². The van der Waals surface area contributed by atoms with Gasteiger partial charge in [0, 0.05) is 18.6 Å². The van der Waals surface area contributed by atoms with Crippen molar-refractivity contribution >= 4 is 11.6 Å². The van der Waals surface area contributed by atoms with Crippen LogP contribution in [0.2, 0.25) is 5.15 Å². The number of hydrogen-bond acceptors (Lipinski definition) is 3. The lowest BCUT2D eigenvalue weighted by Crippen LogP contribution is -2.21. The van der Waals surface area contributed by atoms with Gasteiger partial charge in [0.15, 0.2) is 0 Å². The molecule has 4 nitrogen and oxygen atoms in total. The summed E-state index contributed by atoms with van der Waals surface area (Å²) in [6.45, 7) is 0.453. The predicted octanol–water partition coefficient (Wildman–Crippen LogP) is 1.34. The summed E-state index contributed by atoms with van der Waals surface area (Å²) in [5.74, 6) is 0. The van der Waals surface area contributed by atoms with Crippen LogP contribution < -0.4 is 5.69 Å². The molecule has 5 heteroatoms. The van der Waals surface area contributed by atoms with Gasteiger partial charge in [0.05, 0.1) is 6.54 Å². The molecule has 0 amide bonds. The van der Waals surface area contributed by atoms with Crippen LogP contribution in [-0.2, 0) is 6.54 Å². The summed E-state index contributed by atoms with van der Waals surface area (Å²) in [7, 11) is 0. The van der Waals surface area contributed by atoms with Crippen LogP contribution in [0.1, 0.15) is 5.56 Å². The second-order valence-corrected chi connectivity index (χ2v) is 3.40. The smallest absolute Gasteiger partial charge is 0.295 e. The minimum absolute atomic E-state index is 0.273. The highest BCUT2D eigenvalue weighted by molar-refractivity contribution is 6.29. The van der Waals surface area contributed by atoms with Crippen molar-refractivity contribution in [2.45, 2.75) is 6.54 Å². The van der Waals surface area contributed by atoms with Crippen LogP contribution >= 0.6 is 11.6 Å². The van der Waals surface area contributed by atoms with Gasteiger partial charge in [0.25, 0.3) is 0 Å². The highest BCUT2D eigenvalue weighted by Gasteiger charge is 1.98. The van der Waals surface area contributed by atoms with E-state index in [0.717, 1.165) is 5.56 Å². The summed E-state index contributed by atoms with van der Waals surface area (Å²) in [5.41, 5.74) is 0.649. The van der Waals surface area contributed by atoms with E-state index in [-0.39, 0.29) is 5.69 Å².